The van der Waals surface area contributed by atoms with E-state index in [2.05, 4.69) is 5.32 Å². The molecule has 1 rings (SSSR count). The largest absolute Gasteiger partial charge is 0.396 e. The van der Waals surface area contributed by atoms with E-state index in [0.29, 0.717) is 6.54 Å². The number of hydrogen-bond donors (Lipinski definition) is 2. The molecule has 1 heterocycles. The average Bonchev–Trinajstić information content (AvgIpc) is 2.86. The lowest BCUT2D eigenvalue weighted by molar-refractivity contribution is -0.138. The van der Waals surface area contributed by atoms with Gasteiger partial charge in [0.15, 0.2) is 0 Å². The summed E-state index contributed by atoms with van der Waals surface area (Å²) < 4.78 is 0. The van der Waals surface area contributed by atoms with Crippen molar-refractivity contribution in [1.29, 1.82) is 0 Å². The van der Waals surface area contributed by atoms with Gasteiger partial charge < -0.3 is 10.4 Å². The Morgan fingerprint density at radius 1 is 1.33 bits per heavy atom. The van der Waals surface area contributed by atoms with E-state index in [0.717, 1.165) is 25.0 Å². The molecule has 0 saturated carbocycles. The number of amides is 3. The maximum absolute atomic E-state index is 12.2. The molecule has 1 saturated heterocycles. The number of aliphatic hydroxyl groups excluding tert-OH is 1. The van der Waals surface area contributed by atoms with Crippen LogP contribution in [0.4, 0.5) is 0 Å². The zero-order chi connectivity index (χ0) is 18.2. The van der Waals surface area contributed by atoms with E-state index in [4.69, 9.17) is 0 Å². The summed E-state index contributed by atoms with van der Waals surface area (Å²) in [5.74, 6) is 0.307. The summed E-state index contributed by atoms with van der Waals surface area (Å²) in [6, 6.07) is 0. The second-order valence-corrected chi connectivity index (χ2v) is 7.65. The number of rotatable bonds is 11. The minimum Gasteiger partial charge on any atom is -0.396 e. The fourth-order valence-electron chi connectivity index (χ4n) is 2.65. The molecule has 0 radical (unpaired) electrons. The lowest BCUT2D eigenvalue weighted by atomic mass is 9.83. The summed E-state index contributed by atoms with van der Waals surface area (Å²) in [6.45, 7) is 6.58. The SMILES string of the molecule is CCCSC1CC(=O)N(CCC(=O)NCC(CC)(CC)CO)C1=O. The van der Waals surface area contributed by atoms with Gasteiger partial charge in [-0.05, 0) is 25.0 Å². The van der Waals surface area contributed by atoms with Crippen LogP contribution >= 0.6 is 11.8 Å². The Kier molecular flexibility index (Phi) is 8.76. The number of thioether (sulfide) groups is 1. The Hall–Kier alpha value is -1.08. The van der Waals surface area contributed by atoms with E-state index in [9.17, 15) is 19.5 Å². The number of nitrogens with zero attached hydrogens (tertiary/aromatic N) is 1. The van der Waals surface area contributed by atoms with Crippen molar-refractivity contribution in [1.82, 2.24) is 10.2 Å². The van der Waals surface area contributed by atoms with E-state index < -0.39 is 0 Å². The molecule has 3 amide bonds. The molecular formula is C17H30N2O4S. The molecule has 7 heteroatoms. The molecule has 0 spiro atoms. The molecule has 0 aromatic heterocycles. The number of hydrogen-bond acceptors (Lipinski definition) is 5. The minimum absolute atomic E-state index is 0.0275. The van der Waals surface area contributed by atoms with E-state index in [1.807, 2.05) is 20.8 Å². The van der Waals surface area contributed by atoms with Crippen LogP contribution in [0.5, 0.6) is 0 Å². The standard InChI is InChI=1S/C17H30N2O4S/c1-4-9-24-13-10-15(22)19(16(13)23)8-7-14(21)18-11-17(5-2,6-3)12-20/h13,20H,4-12H2,1-3H3,(H,18,21). The molecule has 1 unspecified atom stereocenters. The molecule has 1 fully saturated rings. The van der Waals surface area contributed by atoms with Crippen molar-refractivity contribution >= 4 is 29.5 Å². The van der Waals surface area contributed by atoms with Crippen LogP contribution < -0.4 is 5.32 Å². The first-order valence-electron chi connectivity index (χ1n) is 8.76. The highest BCUT2D eigenvalue weighted by molar-refractivity contribution is 8.00. The third-order valence-corrected chi connectivity index (χ3v) is 6.20. The number of carbonyl (C=O) groups is 3. The van der Waals surface area contributed by atoms with Crippen LogP contribution in [0.2, 0.25) is 0 Å². The van der Waals surface area contributed by atoms with Crippen LogP contribution in [0.25, 0.3) is 0 Å². The molecule has 1 aliphatic rings. The molecular weight excluding hydrogens is 328 g/mol. The van der Waals surface area contributed by atoms with Crippen LogP contribution in [0, 0.1) is 5.41 Å². The highest BCUT2D eigenvalue weighted by Gasteiger charge is 2.38. The maximum atomic E-state index is 12.2. The maximum Gasteiger partial charge on any atom is 0.242 e. The summed E-state index contributed by atoms with van der Waals surface area (Å²) in [6.07, 6.45) is 2.87. The minimum atomic E-state index is -0.295. The molecule has 0 aromatic rings. The summed E-state index contributed by atoms with van der Waals surface area (Å²) in [4.78, 5) is 37.4. The second-order valence-electron chi connectivity index (χ2n) is 6.34. The van der Waals surface area contributed by atoms with Gasteiger partial charge in [0.1, 0.15) is 0 Å². The lowest BCUT2D eigenvalue weighted by Gasteiger charge is -2.29. The Labute approximate surface area is 148 Å². The lowest BCUT2D eigenvalue weighted by Crippen LogP contribution is -2.41. The molecule has 1 atom stereocenters. The fraction of sp³-hybridized carbons (Fsp3) is 0.824. The summed E-state index contributed by atoms with van der Waals surface area (Å²) >= 11 is 1.52. The first-order valence-corrected chi connectivity index (χ1v) is 9.81. The van der Waals surface area contributed by atoms with Gasteiger partial charge in [-0.1, -0.05) is 20.8 Å². The third-order valence-electron chi connectivity index (χ3n) is 4.78. The van der Waals surface area contributed by atoms with Gasteiger partial charge >= 0.3 is 0 Å². The molecule has 0 aliphatic carbocycles. The highest BCUT2D eigenvalue weighted by Crippen LogP contribution is 2.26. The van der Waals surface area contributed by atoms with Crippen molar-refractivity contribution in [3.05, 3.63) is 0 Å². The van der Waals surface area contributed by atoms with Crippen LogP contribution in [-0.4, -0.2) is 58.4 Å². The number of nitrogens with one attached hydrogen (secondary N) is 1. The molecule has 138 valence electrons. The molecule has 6 nitrogen and oxygen atoms in total. The van der Waals surface area contributed by atoms with Crippen molar-refractivity contribution in [3.8, 4) is 0 Å². The van der Waals surface area contributed by atoms with Gasteiger partial charge in [0, 0.05) is 31.3 Å². The molecule has 24 heavy (non-hydrogen) atoms. The van der Waals surface area contributed by atoms with E-state index in [-0.39, 0.29) is 54.4 Å². The quantitative estimate of drug-likeness (QED) is 0.548. The van der Waals surface area contributed by atoms with Crippen molar-refractivity contribution in [2.24, 2.45) is 5.41 Å². The van der Waals surface area contributed by atoms with Crippen molar-refractivity contribution in [3.63, 3.8) is 0 Å². The molecule has 0 bridgehead atoms. The van der Waals surface area contributed by atoms with Crippen molar-refractivity contribution in [2.75, 3.05) is 25.4 Å². The predicted molar refractivity (Wildman–Crippen MR) is 95.6 cm³/mol. The first-order chi connectivity index (χ1) is 11.4. The molecule has 0 aromatic carbocycles. The van der Waals surface area contributed by atoms with E-state index in [1.165, 1.54) is 16.7 Å². The Bertz CT molecular complexity index is 444. The Balaban J connectivity index is 2.44. The van der Waals surface area contributed by atoms with Crippen molar-refractivity contribution in [2.45, 2.75) is 58.1 Å². The van der Waals surface area contributed by atoms with Crippen LogP contribution in [-0.2, 0) is 14.4 Å². The van der Waals surface area contributed by atoms with Gasteiger partial charge in [0.25, 0.3) is 0 Å². The zero-order valence-electron chi connectivity index (χ0n) is 15.0. The van der Waals surface area contributed by atoms with E-state index in [1.54, 1.807) is 0 Å². The number of imide groups is 1. The molecule has 2 N–H and O–H groups in total. The number of carbonyl (C=O) groups excluding carboxylic acids is 3. The van der Waals surface area contributed by atoms with Gasteiger partial charge in [-0.25, -0.2) is 0 Å². The number of aliphatic hydroxyl groups is 1. The van der Waals surface area contributed by atoms with Gasteiger partial charge in [0.2, 0.25) is 17.7 Å². The predicted octanol–water partition coefficient (Wildman–Crippen LogP) is 1.56. The second kappa shape index (κ2) is 10.0. The van der Waals surface area contributed by atoms with Crippen LogP contribution in [0.1, 0.15) is 52.9 Å². The zero-order valence-corrected chi connectivity index (χ0v) is 15.8. The smallest absolute Gasteiger partial charge is 0.242 e. The Morgan fingerprint density at radius 2 is 2.00 bits per heavy atom. The van der Waals surface area contributed by atoms with Crippen LogP contribution in [0.3, 0.4) is 0 Å². The van der Waals surface area contributed by atoms with E-state index >= 15 is 0 Å². The first kappa shape index (κ1) is 21.0. The Morgan fingerprint density at radius 3 is 2.54 bits per heavy atom. The summed E-state index contributed by atoms with van der Waals surface area (Å²) in [5, 5.41) is 12.0. The third kappa shape index (κ3) is 5.48. The summed E-state index contributed by atoms with van der Waals surface area (Å²) in [7, 11) is 0. The topological polar surface area (TPSA) is 86.7 Å². The number of likely N-dealkylation sites (tertiary alicyclic amines) is 1. The van der Waals surface area contributed by atoms with Gasteiger partial charge in [-0.2, -0.15) is 0 Å². The normalized spacial score (nSPS) is 18.3. The fourth-order valence-corrected chi connectivity index (χ4v) is 3.70. The summed E-state index contributed by atoms with van der Waals surface area (Å²) in [5.41, 5.74) is -0.295. The van der Waals surface area contributed by atoms with Gasteiger partial charge in [-0.15, -0.1) is 11.8 Å². The average molecular weight is 359 g/mol. The van der Waals surface area contributed by atoms with Crippen LogP contribution in [0.15, 0.2) is 0 Å². The van der Waals surface area contributed by atoms with Gasteiger partial charge in [-0.3, -0.25) is 19.3 Å². The highest BCUT2D eigenvalue weighted by atomic mass is 32.2. The monoisotopic (exact) mass is 358 g/mol. The molecule has 1 aliphatic heterocycles. The van der Waals surface area contributed by atoms with Crippen molar-refractivity contribution < 1.29 is 19.5 Å². The van der Waals surface area contributed by atoms with Gasteiger partial charge in [0.05, 0.1) is 11.9 Å².